The lowest BCUT2D eigenvalue weighted by molar-refractivity contribution is -0.225. The van der Waals surface area contributed by atoms with E-state index in [1.165, 1.54) is 37.3 Å². The maximum absolute atomic E-state index is 14.1. The third kappa shape index (κ3) is 5.61. The first-order valence-corrected chi connectivity index (χ1v) is 18.6. The minimum atomic E-state index is -1.60. The summed E-state index contributed by atoms with van der Waals surface area (Å²) >= 11 is 0. The van der Waals surface area contributed by atoms with Gasteiger partial charge in [-0.1, -0.05) is 25.0 Å². The molecule has 284 valence electrons. The number of cyclic esters (lactones) is 1. The van der Waals surface area contributed by atoms with Crippen LogP contribution in [0.3, 0.4) is 0 Å². The Hall–Kier alpha value is -4.16. The van der Waals surface area contributed by atoms with Gasteiger partial charge in [-0.25, -0.2) is 9.18 Å². The molecular weight excluding hydrogens is 685 g/mol. The SMILES string of the molecule is CC(=O)O[C@H]1C=C([C@H](C)[C@H]2CC(C)=C(C)C(=O)O2)[C@@]2(C)CC[C@H]3[C@@H](C[C@H]4O[C@]45[C@@H](OC(=O)CCCC(=O)Nc4ccc(F)cc4)C=CC(=O)[C@]35C)[C@@]12O. The van der Waals surface area contributed by atoms with Crippen LogP contribution in [0.2, 0.25) is 0 Å². The fourth-order valence-electron chi connectivity index (χ4n) is 10.6. The summed E-state index contributed by atoms with van der Waals surface area (Å²) in [5.74, 6) is -3.59. The second-order valence-corrected chi connectivity index (χ2v) is 16.3. The summed E-state index contributed by atoms with van der Waals surface area (Å²) in [5.41, 5.74) is -1.92. The summed E-state index contributed by atoms with van der Waals surface area (Å²) in [6, 6.07) is 5.39. The molecular formula is C41H48FNO10. The van der Waals surface area contributed by atoms with Crippen molar-refractivity contribution in [1.29, 1.82) is 0 Å². The topological polar surface area (TPSA) is 158 Å². The van der Waals surface area contributed by atoms with Crippen molar-refractivity contribution in [2.75, 3.05) is 5.32 Å². The first-order chi connectivity index (χ1) is 25.0. The van der Waals surface area contributed by atoms with Gasteiger partial charge in [-0.2, -0.15) is 0 Å². The first-order valence-electron chi connectivity index (χ1n) is 18.6. The lowest BCUT2D eigenvalue weighted by Crippen LogP contribution is -2.70. The van der Waals surface area contributed by atoms with E-state index >= 15 is 0 Å². The van der Waals surface area contributed by atoms with Crippen LogP contribution in [-0.4, -0.2) is 70.3 Å². The molecule has 0 aromatic heterocycles. The molecule has 2 N–H and O–H groups in total. The zero-order valence-corrected chi connectivity index (χ0v) is 31.0. The van der Waals surface area contributed by atoms with Crippen molar-refractivity contribution in [3.05, 3.63) is 65.0 Å². The zero-order chi connectivity index (χ0) is 38.2. The van der Waals surface area contributed by atoms with Crippen LogP contribution in [0.15, 0.2) is 59.2 Å². The van der Waals surface area contributed by atoms with E-state index in [1.807, 2.05) is 33.8 Å². The van der Waals surface area contributed by atoms with E-state index in [-0.39, 0.29) is 42.8 Å². The Morgan fingerprint density at radius 2 is 1.77 bits per heavy atom. The van der Waals surface area contributed by atoms with Gasteiger partial charge in [-0.05, 0) is 101 Å². The Bertz CT molecular complexity index is 1850. The molecule has 0 unspecified atom stereocenters. The van der Waals surface area contributed by atoms with E-state index in [2.05, 4.69) is 5.32 Å². The third-order valence-electron chi connectivity index (χ3n) is 13.7. The second-order valence-electron chi connectivity index (χ2n) is 16.3. The highest BCUT2D eigenvalue weighted by molar-refractivity contribution is 5.98. The van der Waals surface area contributed by atoms with E-state index in [0.717, 1.165) is 11.1 Å². The largest absolute Gasteiger partial charge is 0.458 e. The number of fused-ring (bicyclic) bond motifs is 4. The number of esters is 3. The van der Waals surface area contributed by atoms with Gasteiger partial charge < -0.3 is 29.4 Å². The predicted molar refractivity (Wildman–Crippen MR) is 188 cm³/mol. The van der Waals surface area contributed by atoms with E-state index in [0.29, 0.717) is 36.9 Å². The number of allylic oxidation sites excluding steroid dienone is 1. The van der Waals surface area contributed by atoms with Gasteiger partial charge >= 0.3 is 17.9 Å². The molecule has 2 heterocycles. The first kappa shape index (κ1) is 37.2. The summed E-state index contributed by atoms with van der Waals surface area (Å²) in [4.78, 5) is 64.9. The number of halogens is 1. The molecule has 12 heteroatoms. The zero-order valence-electron chi connectivity index (χ0n) is 31.0. The number of nitrogens with one attached hydrogen (secondary N) is 1. The summed E-state index contributed by atoms with van der Waals surface area (Å²) < 4.78 is 37.4. The molecule has 2 saturated carbocycles. The number of benzene rings is 1. The van der Waals surface area contributed by atoms with E-state index in [9.17, 15) is 33.5 Å². The normalized spacial score (nSPS) is 38.7. The van der Waals surface area contributed by atoms with E-state index in [4.69, 9.17) is 18.9 Å². The Labute approximate surface area is 308 Å². The number of hydrogen-bond donors (Lipinski definition) is 2. The molecule has 3 fully saturated rings. The number of amides is 1. The van der Waals surface area contributed by atoms with Crippen LogP contribution >= 0.6 is 0 Å². The van der Waals surface area contributed by atoms with Gasteiger partial charge in [0.1, 0.15) is 29.2 Å². The highest BCUT2D eigenvalue weighted by Gasteiger charge is 2.83. The number of epoxide rings is 1. The number of carbonyl (C=O) groups is 5. The van der Waals surface area contributed by atoms with Crippen molar-refractivity contribution < 1.29 is 52.4 Å². The van der Waals surface area contributed by atoms with Crippen molar-refractivity contribution in [3.8, 4) is 0 Å². The lowest BCUT2D eigenvalue weighted by atomic mass is 9.42. The average Bonchev–Trinajstić information content (AvgIpc) is 3.79. The van der Waals surface area contributed by atoms with Crippen LogP contribution in [0.25, 0.3) is 0 Å². The molecule has 1 spiro atoms. The maximum atomic E-state index is 14.1. The molecule has 11 atom stereocenters. The van der Waals surface area contributed by atoms with Crippen molar-refractivity contribution in [2.24, 2.45) is 28.6 Å². The van der Waals surface area contributed by atoms with Gasteiger partial charge in [-0.15, -0.1) is 0 Å². The summed E-state index contributed by atoms with van der Waals surface area (Å²) in [5, 5.41) is 15.8. The van der Waals surface area contributed by atoms with E-state index in [1.54, 1.807) is 13.0 Å². The van der Waals surface area contributed by atoms with Gasteiger partial charge in [-0.3, -0.25) is 19.2 Å². The highest BCUT2D eigenvalue weighted by atomic mass is 19.1. The van der Waals surface area contributed by atoms with Gasteiger partial charge in [0, 0.05) is 48.8 Å². The van der Waals surface area contributed by atoms with Gasteiger partial charge in [0.15, 0.2) is 11.9 Å². The second kappa shape index (κ2) is 13.0. The maximum Gasteiger partial charge on any atom is 0.333 e. The van der Waals surface area contributed by atoms with Crippen LogP contribution in [0.1, 0.15) is 86.5 Å². The number of hydrogen-bond acceptors (Lipinski definition) is 10. The highest BCUT2D eigenvalue weighted by Crippen LogP contribution is 2.74. The van der Waals surface area contributed by atoms with Crippen molar-refractivity contribution in [3.63, 3.8) is 0 Å². The molecule has 1 aromatic carbocycles. The number of carbonyl (C=O) groups excluding carboxylic acids is 5. The lowest BCUT2D eigenvalue weighted by Gasteiger charge is -2.61. The number of ketones is 1. The summed E-state index contributed by atoms with van der Waals surface area (Å²) in [7, 11) is 0. The van der Waals surface area contributed by atoms with Gasteiger partial charge in [0.25, 0.3) is 0 Å². The molecule has 1 saturated heterocycles. The predicted octanol–water partition coefficient (Wildman–Crippen LogP) is 5.46. The fourth-order valence-corrected chi connectivity index (χ4v) is 10.6. The molecule has 53 heavy (non-hydrogen) atoms. The number of rotatable bonds is 9. The smallest absolute Gasteiger partial charge is 0.333 e. The minimum Gasteiger partial charge on any atom is -0.458 e. The summed E-state index contributed by atoms with van der Waals surface area (Å²) in [6.07, 6.45) is 4.13. The molecule has 2 aliphatic heterocycles. The fraction of sp³-hybridized carbons (Fsp3) is 0.585. The Balaban J connectivity index is 1.10. The summed E-state index contributed by atoms with van der Waals surface area (Å²) in [6.45, 7) is 10.8. The molecule has 7 rings (SSSR count). The average molecular weight is 734 g/mol. The van der Waals surface area contributed by atoms with Gasteiger partial charge in [0.05, 0.1) is 11.5 Å². The molecule has 4 aliphatic carbocycles. The molecule has 11 nitrogen and oxygen atoms in total. The number of ether oxygens (including phenoxy) is 4. The van der Waals surface area contributed by atoms with Crippen LogP contribution in [0.5, 0.6) is 0 Å². The number of aliphatic hydroxyl groups is 1. The minimum absolute atomic E-state index is 0.0430. The van der Waals surface area contributed by atoms with Crippen LogP contribution in [-0.2, 0) is 42.9 Å². The van der Waals surface area contributed by atoms with Crippen molar-refractivity contribution in [1.82, 2.24) is 0 Å². The molecule has 6 aliphatic rings. The molecule has 1 amide bonds. The van der Waals surface area contributed by atoms with E-state index < -0.39 is 76.0 Å². The standard InChI is InChI=1S/C41H48FNO10/c1-21-18-30(51-37(48)22(21)2)23(3)28-19-33(50-24(4)44)40(49)29-20-34-41(53-34)32(15-14-31(45)39(41,6)27(29)16-17-38(28,40)5)52-36(47)9-7-8-35(46)43-26-12-10-25(42)11-13-26/h10-15,19,23,27,29-30,32-34,49H,7-9,16-18,20H2,1-6H3,(H,43,46)/t23-,27-,29+,30+,32-,33-,34+,38+,39-,40+,41+/m0/s1. The molecule has 1 aromatic rings. The Morgan fingerprint density at radius 1 is 1.06 bits per heavy atom. The van der Waals surface area contributed by atoms with Crippen molar-refractivity contribution >= 4 is 35.3 Å². The van der Waals surface area contributed by atoms with Crippen LogP contribution in [0.4, 0.5) is 10.1 Å². The number of anilines is 1. The molecule has 0 radical (unpaired) electrons. The monoisotopic (exact) mass is 733 g/mol. The third-order valence-corrected chi connectivity index (χ3v) is 13.7. The van der Waals surface area contributed by atoms with Gasteiger partial charge in [0.2, 0.25) is 5.91 Å². The van der Waals surface area contributed by atoms with Crippen LogP contribution < -0.4 is 5.32 Å². The quantitative estimate of drug-likeness (QED) is 0.145. The van der Waals surface area contributed by atoms with Crippen molar-refractivity contribution in [2.45, 2.75) is 122 Å². The van der Waals surface area contributed by atoms with Crippen LogP contribution in [0, 0.1) is 34.4 Å². The molecule has 0 bridgehead atoms. The Morgan fingerprint density at radius 3 is 2.45 bits per heavy atom. The Kier molecular flexibility index (Phi) is 9.12.